The first-order chi connectivity index (χ1) is 16.8. The molecule has 1 aliphatic rings. The molecule has 4 rings (SSSR count). The Morgan fingerprint density at radius 1 is 0.886 bits per heavy atom. The van der Waals surface area contributed by atoms with Crippen molar-refractivity contribution in [3.63, 3.8) is 0 Å². The Morgan fingerprint density at radius 3 is 1.97 bits per heavy atom. The summed E-state index contributed by atoms with van der Waals surface area (Å²) in [5, 5.41) is 15.6. The third-order valence-electron chi connectivity index (χ3n) is 5.57. The van der Waals surface area contributed by atoms with Gasteiger partial charge >= 0.3 is 0 Å². The summed E-state index contributed by atoms with van der Waals surface area (Å²) in [4.78, 5) is 28.9. The quantitative estimate of drug-likeness (QED) is 0.539. The molecular weight excluding hydrogens is 448 g/mol. The Hall–Kier alpha value is -4.34. The summed E-state index contributed by atoms with van der Waals surface area (Å²) in [6.07, 6.45) is 0.475. The van der Waals surface area contributed by atoms with Gasteiger partial charge in [-0.05, 0) is 62.4 Å². The van der Waals surface area contributed by atoms with Crippen LogP contribution in [0, 0.1) is 0 Å². The number of nitrogens with zero attached hydrogens (tertiary/aromatic N) is 4. The molecule has 0 bridgehead atoms. The van der Waals surface area contributed by atoms with E-state index in [-0.39, 0.29) is 24.5 Å². The van der Waals surface area contributed by atoms with Gasteiger partial charge in [0.2, 0.25) is 5.91 Å². The first kappa shape index (κ1) is 23.8. The zero-order chi connectivity index (χ0) is 25.0. The van der Waals surface area contributed by atoms with E-state index >= 15 is 0 Å². The monoisotopic (exact) mass is 474 g/mol. The van der Waals surface area contributed by atoms with Crippen LogP contribution < -0.4 is 20.2 Å². The average Bonchev–Trinajstić information content (AvgIpc) is 2.88. The van der Waals surface area contributed by atoms with Crippen LogP contribution in [0.5, 0.6) is 11.5 Å². The van der Waals surface area contributed by atoms with Crippen molar-refractivity contribution in [3.8, 4) is 34.0 Å². The van der Waals surface area contributed by atoms with E-state index in [9.17, 15) is 9.59 Å². The maximum Gasteiger partial charge on any atom is 0.268 e. The molecule has 2 aromatic carbocycles. The largest absolute Gasteiger partial charge is 0.497 e. The van der Waals surface area contributed by atoms with Crippen molar-refractivity contribution in [2.24, 2.45) is 5.10 Å². The lowest BCUT2D eigenvalue weighted by Gasteiger charge is -2.26. The maximum atomic E-state index is 12.8. The molecule has 0 unspecified atom stereocenters. The van der Waals surface area contributed by atoms with Gasteiger partial charge < -0.3 is 14.8 Å². The smallest absolute Gasteiger partial charge is 0.268 e. The van der Waals surface area contributed by atoms with Gasteiger partial charge in [-0.1, -0.05) is 0 Å². The minimum absolute atomic E-state index is 0.211. The third-order valence-corrected chi connectivity index (χ3v) is 5.57. The lowest BCUT2D eigenvalue weighted by molar-refractivity contribution is -0.121. The van der Waals surface area contributed by atoms with Crippen molar-refractivity contribution in [1.29, 1.82) is 0 Å². The molecule has 10 nitrogen and oxygen atoms in total. The maximum absolute atomic E-state index is 12.8. The molecule has 0 saturated carbocycles. The number of aromatic nitrogens is 3. The standard InChI is InChI=1S/C25H26N6O4/c1-25(2,27-23(33)19-13-14-20(32)29-28-19)24-26-21(15-5-9-17(34-3)10-6-15)22(30-31-24)16-7-11-18(35-4)12-8-16/h5-12H,13-14H2,1-4H3,(H,27,33)(H,29,32). The summed E-state index contributed by atoms with van der Waals surface area (Å²) in [5.74, 6) is 1.16. The van der Waals surface area contributed by atoms with Gasteiger partial charge in [-0.3, -0.25) is 9.59 Å². The lowest BCUT2D eigenvalue weighted by Crippen LogP contribution is -2.47. The molecule has 35 heavy (non-hydrogen) atoms. The highest BCUT2D eigenvalue weighted by atomic mass is 16.5. The molecule has 2 amide bonds. The number of methoxy groups -OCH3 is 2. The van der Waals surface area contributed by atoms with Gasteiger partial charge in [0, 0.05) is 24.0 Å². The van der Waals surface area contributed by atoms with E-state index in [1.807, 2.05) is 48.5 Å². The first-order valence-corrected chi connectivity index (χ1v) is 11.0. The normalized spacial score (nSPS) is 13.5. The van der Waals surface area contributed by atoms with Crippen LogP contribution in [-0.4, -0.2) is 46.9 Å². The molecule has 0 atom stereocenters. The molecule has 10 heteroatoms. The number of amides is 2. The fourth-order valence-electron chi connectivity index (χ4n) is 3.53. The van der Waals surface area contributed by atoms with Crippen molar-refractivity contribution >= 4 is 17.5 Å². The second-order valence-corrected chi connectivity index (χ2v) is 8.46. The van der Waals surface area contributed by atoms with E-state index in [1.165, 1.54) is 0 Å². The summed E-state index contributed by atoms with van der Waals surface area (Å²) in [7, 11) is 3.21. The summed E-state index contributed by atoms with van der Waals surface area (Å²) in [6.45, 7) is 3.57. The van der Waals surface area contributed by atoms with E-state index < -0.39 is 11.4 Å². The van der Waals surface area contributed by atoms with Gasteiger partial charge in [0.15, 0.2) is 5.82 Å². The summed E-state index contributed by atoms with van der Waals surface area (Å²) >= 11 is 0. The van der Waals surface area contributed by atoms with Crippen LogP contribution in [0.15, 0.2) is 53.6 Å². The summed E-state index contributed by atoms with van der Waals surface area (Å²) in [6, 6.07) is 14.9. The Bertz CT molecular complexity index is 1270. The van der Waals surface area contributed by atoms with Gasteiger partial charge in [0.05, 0.1) is 19.8 Å². The lowest BCUT2D eigenvalue weighted by atomic mass is 10.0. The molecule has 0 saturated heterocycles. The first-order valence-electron chi connectivity index (χ1n) is 11.0. The predicted molar refractivity (Wildman–Crippen MR) is 130 cm³/mol. The number of carbonyl (C=O) groups excluding carboxylic acids is 2. The summed E-state index contributed by atoms with van der Waals surface area (Å²) < 4.78 is 10.5. The number of hydrogen-bond acceptors (Lipinski definition) is 8. The average molecular weight is 475 g/mol. The number of hydrazone groups is 1. The van der Waals surface area contributed by atoms with Crippen LogP contribution in [-0.2, 0) is 15.1 Å². The fourth-order valence-corrected chi connectivity index (χ4v) is 3.53. The second-order valence-electron chi connectivity index (χ2n) is 8.46. The van der Waals surface area contributed by atoms with Crippen LogP contribution in [0.25, 0.3) is 22.5 Å². The molecule has 0 fully saturated rings. The molecule has 0 aliphatic carbocycles. The Kier molecular flexibility index (Phi) is 6.72. The van der Waals surface area contributed by atoms with Crippen LogP contribution in [0.2, 0.25) is 0 Å². The Morgan fingerprint density at radius 2 is 1.46 bits per heavy atom. The highest BCUT2D eigenvalue weighted by molar-refractivity contribution is 6.39. The molecule has 0 spiro atoms. The van der Waals surface area contributed by atoms with Gasteiger partial charge in [-0.15, -0.1) is 10.2 Å². The van der Waals surface area contributed by atoms with Gasteiger partial charge in [0.1, 0.15) is 28.6 Å². The van der Waals surface area contributed by atoms with Crippen molar-refractivity contribution in [2.75, 3.05) is 14.2 Å². The topological polar surface area (TPSA) is 128 Å². The Balaban J connectivity index is 1.72. The molecule has 2 N–H and O–H groups in total. The van der Waals surface area contributed by atoms with Crippen molar-refractivity contribution in [1.82, 2.24) is 25.9 Å². The second kappa shape index (κ2) is 9.88. The van der Waals surface area contributed by atoms with Gasteiger partial charge in [-0.25, -0.2) is 10.4 Å². The number of benzene rings is 2. The van der Waals surface area contributed by atoms with E-state index in [0.29, 0.717) is 17.2 Å². The zero-order valence-corrected chi connectivity index (χ0v) is 20.0. The number of carbonyl (C=O) groups is 2. The number of rotatable bonds is 7. The SMILES string of the molecule is COc1ccc(-c2nnc(C(C)(C)NC(=O)C3=NNC(=O)CC3)nc2-c2ccc(OC)cc2)cc1. The van der Waals surface area contributed by atoms with Crippen LogP contribution in [0.1, 0.15) is 32.5 Å². The molecule has 180 valence electrons. The van der Waals surface area contributed by atoms with Crippen LogP contribution in [0.4, 0.5) is 0 Å². The highest BCUT2D eigenvalue weighted by Gasteiger charge is 2.31. The predicted octanol–water partition coefficient (Wildman–Crippen LogP) is 2.84. The fraction of sp³-hybridized carbons (Fsp3) is 0.280. The molecule has 0 radical (unpaired) electrons. The minimum Gasteiger partial charge on any atom is -0.497 e. The van der Waals surface area contributed by atoms with E-state index in [1.54, 1.807) is 28.1 Å². The van der Waals surface area contributed by atoms with E-state index in [0.717, 1.165) is 22.6 Å². The third kappa shape index (κ3) is 5.26. The van der Waals surface area contributed by atoms with E-state index in [2.05, 4.69) is 26.0 Å². The van der Waals surface area contributed by atoms with Crippen molar-refractivity contribution < 1.29 is 19.1 Å². The highest BCUT2D eigenvalue weighted by Crippen LogP contribution is 2.32. The zero-order valence-electron chi connectivity index (χ0n) is 20.0. The number of nitrogens with one attached hydrogen (secondary N) is 2. The minimum atomic E-state index is -0.965. The molecule has 3 aromatic rings. The van der Waals surface area contributed by atoms with Crippen LogP contribution in [0.3, 0.4) is 0 Å². The Labute approximate surface area is 202 Å². The van der Waals surface area contributed by atoms with Gasteiger partial charge in [-0.2, -0.15) is 5.10 Å². The number of hydrogen-bond donors (Lipinski definition) is 2. The molecule has 1 aliphatic heterocycles. The van der Waals surface area contributed by atoms with E-state index in [4.69, 9.17) is 14.5 Å². The van der Waals surface area contributed by atoms with Crippen molar-refractivity contribution in [2.45, 2.75) is 32.2 Å². The number of ether oxygens (including phenoxy) is 2. The van der Waals surface area contributed by atoms with Crippen LogP contribution >= 0.6 is 0 Å². The van der Waals surface area contributed by atoms with Gasteiger partial charge in [0.25, 0.3) is 5.91 Å². The molecule has 1 aromatic heterocycles. The summed E-state index contributed by atoms with van der Waals surface area (Å²) in [5.41, 5.74) is 4.44. The molecular formula is C25H26N6O4. The van der Waals surface area contributed by atoms with Crippen molar-refractivity contribution in [3.05, 3.63) is 54.4 Å². The molecule has 2 heterocycles.